The highest BCUT2D eigenvalue weighted by atomic mass is 35.5. The fourth-order valence-corrected chi connectivity index (χ4v) is 5.17. The quantitative estimate of drug-likeness (QED) is 0.643. The first-order valence-corrected chi connectivity index (χ1v) is 11.4. The van der Waals surface area contributed by atoms with E-state index >= 15 is 0 Å². The number of nitrogens with one attached hydrogen (secondary N) is 2. The molecule has 3 rings (SSSR count). The molecule has 1 aromatic carbocycles. The van der Waals surface area contributed by atoms with Crippen molar-refractivity contribution in [2.75, 3.05) is 40.3 Å². The Labute approximate surface area is 172 Å². The molecule has 2 aromatic rings. The molecule has 2 N–H and O–H groups in total. The fourth-order valence-electron chi connectivity index (χ4n) is 3.79. The summed E-state index contributed by atoms with van der Waals surface area (Å²) in [6.45, 7) is 9.56. The lowest BCUT2D eigenvalue weighted by atomic mass is 10.2. The minimum absolute atomic E-state index is 0.337. The lowest BCUT2D eigenvalue weighted by Crippen LogP contribution is -3.27. The maximum absolute atomic E-state index is 12.6. The summed E-state index contributed by atoms with van der Waals surface area (Å²) in [6.07, 6.45) is 0. The first-order chi connectivity index (χ1) is 13.2. The van der Waals surface area contributed by atoms with Gasteiger partial charge in [0, 0.05) is 24.7 Å². The van der Waals surface area contributed by atoms with Crippen molar-refractivity contribution in [2.24, 2.45) is 0 Å². The van der Waals surface area contributed by atoms with Gasteiger partial charge in [0.25, 0.3) is 0 Å². The van der Waals surface area contributed by atoms with Gasteiger partial charge in [-0.1, -0.05) is 23.7 Å². The van der Waals surface area contributed by atoms with Crippen LogP contribution in [0.1, 0.15) is 17.0 Å². The molecule has 0 bridgehead atoms. The van der Waals surface area contributed by atoms with Crippen molar-refractivity contribution < 1.29 is 18.2 Å². The number of hydrogen-bond donors (Lipinski definition) is 2. The third-order valence-electron chi connectivity index (χ3n) is 5.46. The third kappa shape index (κ3) is 4.58. The standard InChI is InChI=1S/C19H28ClN5O2S/c1-15-19(28(26,27)22(3)4)16(2)25(21-15)14-24-11-9-23(10-12-24)13-17-5-7-18(20)8-6-17/h5-8H,9-14H2,1-4H3/p+2. The molecule has 0 amide bonds. The van der Waals surface area contributed by atoms with Gasteiger partial charge >= 0.3 is 0 Å². The number of quaternary nitrogens is 2. The molecule has 1 aliphatic heterocycles. The average molecular weight is 428 g/mol. The lowest BCUT2D eigenvalue weighted by Gasteiger charge is -2.29. The van der Waals surface area contributed by atoms with Gasteiger partial charge in [0.15, 0.2) is 6.67 Å². The van der Waals surface area contributed by atoms with Crippen LogP contribution in [-0.4, -0.2) is 62.8 Å². The van der Waals surface area contributed by atoms with Crippen molar-refractivity contribution in [1.82, 2.24) is 14.1 Å². The van der Waals surface area contributed by atoms with Crippen molar-refractivity contribution in [3.63, 3.8) is 0 Å². The number of piperazine rings is 1. The Bertz CT molecular complexity index is 917. The predicted octanol–water partition coefficient (Wildman–Crippen LogP) is -0.655. The Morgan fingerprint density at radius 3 is 2.21 bits per heavy atom. The zero-order valence-corrected chi connectivity index (χ0v) is 18.6. The smallest absolute Gasteiger partial charge is 0.246 e. The van der Waals surface area contributed by atoms with E-state index in [9.17, 15) is 8.42 Å². The van der Waals surface area contributed by atoms with Crippen molar-refractivity contribution in [2.45, 2.75) is 32.0 Å². The second kappa shape index (κ2) is 8.51. The van der Waals surface area contributed by atoms with Gasteiger partial charge < -0.3 is 9.80 Å². The number of halogens is 1. The van der Waals surface area contributed by atoms with E-state index < -0.39 is 10.0 Å². The SMILES string of the molecule is Cc1nn(C[NH+]2CC[NH+](Cc3ccc(Cl)cc3)CC2)c(C)c1S(=O)(=O)N(C)C. The summed E-state index contributed by atoms with van der Waals surface area (Å²) in [5.74, 6) is 0. The molecule has 154 valence electrons. The zero-order chi connectivity index (χ0) is 20.5. The van der Waals surface area contributed by atoms with E-state index in [2.05, 4.69) is 17.2 Å². The topological polar surface area (TPSA) is 64.1 Å². The van der Waals surface area contributed by atoms with E-state index in [1.54, 1.807) is 25.9 Å². The van der Waals surface area contributed by atoms with Crippen LogP contribution >= 0.6 is 11.6 Å². The van der Waals surface area contributed by atoms with Gasteiger partial charge in [-0.2, -0.15) is 5.10 Å². The van der Waals surface area contributed by atoms with Crippen LogP contribution in [0.25, 0.3) is 0 Å². The van der Waals surface area contributed by atoms with Crippen LogP contribution in [0, 0.1) is 13.8 Å². The molecule has 1 aliphatic rings. The molecule has 9 heteroatoms. The molecular weight excluding hydrogens is 398 g/mol. The Morgan fingerprint density at radius 1 is 1.07 bits per heavy atom. The summed E-state index contributed by atoms with van der Waals surface area (Å²) in [5.41, 5.74) is 2.59. The fraction of sp³-hybridized carbons (Fsp3) is 0.526. The second-order valence-corrected chi connectivity index (χ2v) is 10.3. The van der Waals surface area contributed by atoms with Crippen LogP contribution in [0.5, 0.6) is 0 Å². The molecule has 0 saturated carbocycles. The van der Waals surface area contributed by atoms with Gasteiger partial charge in [-0.05, 0) is 26.0 Å². The summed E-state index contributed by atoms with van der Waals surface area (Å²) in [5, 5.41) is 5.29. The summed E-state index contributed by atoms with van der Waals surface area (Å²) in [4.78, 5) is 3.33. The summed E-state index contributed by atoms with van der Waals surface area (Å²) >= 11 is 5.96. The van der Waals surface area contributed by atoms with Crippen LogP contribution in [0.3, 0.4) is 0 Å². The molecule has 1 saturated heterocycles. The Hall–Kier alpha value is -1.45. The van der Waals surface area contributed by atoms with Gasteiger partial charge in [0.05, 0.1) is 11.4 Å². The number of benzene rings is 1. The molecule has 0 radical (unpaired) electrons. The number of nitrogens with zero attached hydrogens (tertiary/aromatic N) is 3. The van der Waals surface area contributed by atoms with E-state index in [-0.39, 0.29) is 0 Å². The van der Waals surface area contributed by atoms with Crippen LogP contribution in [-0.2, 0) is 23.2 Å². The number of aryl methyl sites for hydroxylation is 1. The molecular formula is C19H30ClN5O2S+2. The van der Waals surface area contributed by atoms with Gasteiger partial charge in [0.2, 0.25) is 10.0 Å². The predicted molar refractivity (Wildman–Crippen MR) is 109 cm³/mol. The van der Waals surface area contributed by atoms with E-state index in [0.717, 1.165) is 43.4 Å². The summed E-state index contributed by atoms with van der Waals surface area (Å²) in [7, 11) is -0.367. The highest BCUT2D eigenvalue weighted by Crippen LogP contribution is 2.21. The monoisotopic (exact) mass is 427 g/mol. The van der Waals surface area contributed by atoms with E-state index in [0.29, 0.717) is 17.3 Å². The number of hydrogen-bond acceptors (Lipinski definition) is 3. The Morgan fingerprint density at radius 2 is 1.64 bits per heavy atom. The first-order valence-electron chi connectivity index (χ1n) is 9.56. The second-order valence-electron chi connectivity index (χ2n) is 7.75. The van der Waals surface area contributed by atoms with Gasteiger partial charge in [0.1, 0.15) is 37.6 Å². The van der Waals surface area contributed by atoms with Crippen LogP contribution in [0.15, 0.2) is 29.2 Å². The minimum Gasteiger partial charge on any atom is -0.322 e. The molecule has 2 heterocycles. The highest BCUT2D eigenvalue weighted by Gasteiger charge is 2.29. The maximum Gasteiger partial charge on any atom is 0.246 e. The molecule has 1 fully saturated rings. The van der Waals surface area contributed by atoms with Crippen molar-refractivity contribution in [1.29, 1.82) is 0 Å². The van der Waals surface area contributed by atoms with E-state index in [1.807, 2.05) is 23.7 Å². The van der Waals surface area contributed by atoms with Crippen molar-refractivity contribution >= 4 is 21.6 Å². The van der Waals surface area contributed by atoms with Gasteiger partial charge in [-0.25, -0.2) is 17.4 Å². The molecule has 28 heavy (non-hydrogen) atoms. The van der Waals surface area contributed by atoms with E-state index in [4.69, 9.17) is 11.6 Å². The summed E-state index contributed by atoms with van der Waals surface area (Å²) < 4.78 is 28.2. The molecule has 1 aromatic heterocycles. The maximum atomic E-state index is 12.6. The van der Waals surface area contributed by atoms with Crippen LogP contribution < -0.4 is 9.80 Å². The molecule has 7 nitrogen and oxygen atoms in total. The van der Waals surface area contributed by atoms with Crippen molar-refractivity contribution in [3.8, 4) is 0 Å². The Balaban J connectivity index is 1.61. The van der Waals surface area contributed by atoms with Crippen LogP contribution in [0.4, 0.5) is 0 Å². The normalized spacial score (nSPS) is 20.6. The molecule has 0 unspecified atom stereocenters. The highest BCUT2D eigenvalue weighted by molar-refractivity contribution is 7.89. The van der Waals surface area contributed by atoms with Crippen molar-refractivity contribution in [3.05, 3.63) is 46.2 Å². The average Bonchev–Trinajstić information content (AvgIpc) is 2.92. The lowest BCUT2D eigenvalue weighted by molar-refractivity contribution is -1.03. The van der Waals surface area contributed by atoms with E-state index in [1.165, 1.54) is 14.8 Å². The number of aromatic nitrogens is 2. The van der Waals surface area contributed by atoms with Gasteiger partial charge in [-0.15, -0.1) is 0 Å². The third-order valence-corrected chi connectivity index (χ3v) is 7.78. The largest absolute Gasteiger partial charge is 0.322 e. The summed E-state index contributed by atoms with van der Waals surface area (Å²) in [6, 6.07) is 8.08. The zero-order valence-electron chi connectivity index (χ0n) is 17.0. The number of rotatable bonds is 6. The Kier molecular flexibility index (Phi) is 6.46. The molecule has 0 atom stereocenters. The molecule has 0 aliphatic carbocycles. The van der Waals surface area contributed by atoms with Crippen LogP contribution in [0.2, 0.25) is 5.02 Å². The minimum atomic E-state index is -3.48. The first kappa shape index (κ1) is 21.3. The van der Waals surface area contributed by atoms with Gasteiger partial charge in [-0.3, -0.25) is 0 Å². The molecule has 0 spiro atoms. The number of sulfonamides is 1.